The molecule has 1 aliphatic heterocycles. The van der Waals surface area contributed by atoms with Gasteiger partial charge in [0, 0.05) is 19.3 Å². The monoisotopic (exact) mass is 198 g/mol. The summed E-state index contributed by atoms with van der Waals surface area (Å²) < 4.78 is 5.53. The minimum absolute atomic E-state index is 0.0508. The van der Waals surface area contributed by atoms with Gasteiger partial charge in [-0.05, 0) is 20.8 Å². The predicted molar refractivity (Wildman–Crippen MR) is 54.9 cm³/mol. The lowest BCUT2D eigenvalue weighted by atomic mass is 10.2. The Labute approximate surface area is 84.9 Å². The second-order valence-corrected chi connectivity index (χ2v) is 3.61. The molecule has 4 nitrogen and oxygen atoms in total. The number of amides is 2. The van der Waals surface area contributed by atoms with Gasteiger partial charge in [0.25, 0.3) is 0 Å². The smallest absolute Gasteiger partial charge is 0.321 e. The molecule has 1 aliphatic rings. The van der Waals surface area contributed by atoms with Crippen molar-refractivity contribution in [1.29, 1.82) is 0 Å². The van der Waals surface area contributed by atoms with Crippen LogP contribution in [0.4, 0.5) is 4.79 Å². The average Bonchev–Trinajstić information content (AvgIpc) is 2.12. The Morgan fingerprint density at radius 3 is 2.50 bits per heavy atom. The van der Waals surface area contributed by atoms with Crippen molar-refractivity contribution in [2.45, 2.75) is 33.0 Å². The van der Waals surface area contributed by atoms with Gasteiger partial charge in [-0.15, -0.1) is 0 Å². The van der Waals surface area contributed by atoms with E-state index >= 15 is 0 Å². The molecule has 2 unspecified atom stereocenters. The summed E-state index contributed by atoms with van der Waals surface area (Å²) in [7, 11) is 0. The molecule has 2 atom stereocenters. The molecule has 0 aromatic heterocycles. The molecule has 0 bridgehead atoms. The van der Waals surface area contributed by atoms with Gasteiger partial charge in [0.2, 0.25) is 0 Å². The van der Waals surface area contributed by atoms with Crippen molar-refractivity contribution in [2.75, 3.05) is 13.1 Å². The van der Waals surface area contributed by atoms with Gasteiger partial charge >= 0.3 is 6.03 Å². The van der Waals surface area contributed by atoms with Crippen LogP contribution in [0.1, 0.15) is 20.8 Å². The first-order chi connectivity index (χ1) is 6.63. The van der Waals surface area contributed by atoms with E-state index in [2.05, 4.69) is 5.32 Å². The van der Waals surface area contributed by atoms with Gasteiger partial charge in [0.15, 0.2) is 0 Å². The van der Waals surface area contributed by atoms with Crippen LogP contribution >= 0.6 is 0 Å². The number of urea groups is 1. The van der Waals surface area contributed by atoms with Crippen molar-refractivity contribution >= 4 is 6.03 Å². The number of allylic oxidation sites excluding steroid dienone is 1. The average molecular weight is 198 g/mol. The minimum Gasteiger partial charge on any atom is -0.372 e. The highest BCUT2D eigenvalue weighted by Gasteiger charge is 2.25. The van der Waals surface area contributed by atoms with Gasteiger partial charge in [-0.2, -0.15) is 0 Å². The highest BCUT2D eigenvalue weighted by molar-refractivity contribution is 5.75. The molecule has 14 heavy (non-hydrogen) atoms. The van der Waals surface area contributed by atoms with E-state index in [0.29, 0.717) is 13.1 Å². The Balaban J connectivity index is 2.46. The maximum Gasteiger partial charge on any atom is 0.321 e. The van der Waals surface area contributed by atoms with Gasteiger partial charge < -0.3 is 15.0 Å². The van der Waals surface area contributed by atoms with E-state index in [9.17, 15) is 4.79 Å². The highest BCUT2D eigenvalue weighted by Crippen LogP contribution is 2.10. The van der Waals surface area contributed by atoms with E-state index in [4.69, 9.17) is 4.74 Å². The molecule has 4 heteroatoms. The normalized spacial score (nSPS) is 28.1. The van der Waals surface area contributed by atoms with E-state index in [-0.39, 0.29) is 18.2 Å². The molecular weight excluding hydrogens is 180 g/mol. The molecule has 0 aromatic carbocycles. The van der Waals surface area contributed by atoms with Crippen LogP contribution in [0.25, 0.3) is 0 Å². The molecule has 1 saturated heterocycles. The molecule has 1 rings (SSSR count). The maximum absolute atomic E-state index is 11.6. The fraction of sp³-hybridized carbons (Fsp3) is 0.700. The van der Waals surface area contributed by atoms with Crippen molar-refractivity contribution in [2.24, 2.45) is 0 Å². The van der Waals surface area contributed by atoms with Crippen molar-refractivity contribution in [1.82, 2.24) is 10.2 Å². The summed E-state index contributed by atoms with van der Waals surface area (Å²) in [6.45, 7) is 7.14. The molecular formula is C10H18N2O2. The van der Waals surface area contributed by atoms with Crippen molar-refractivity contribution in [3.63, 3.8) is 0 Å². The highest BCUT2D eigenvalue weighted by atomic mass is 16.5. The van der Waals surface area contributed by atoms with Crippen molar-refractivity contribution < 1.29 is 9.53 Å². The van der Waals surface area contributed by atoms with Crippen LogP contribution in [0.15, 0.2) is 12.3 Å². The number of nitrogens with one attached hydrogen (secondary N) is 1. The molecule has 0 saturated carbocycles. The summed E-state index contributed by atoms with van der Waals surface area (Å²) in [6.07, 6.45) is 3.68. The van der Waals surface area contributed by atoms with E-state index in [0.717, 1.165) is 0 Å². The third kappa shape index (κ3) is 3.03. The Morgan fingerprint density at radius 1 is 1.43 bits per heavy atom. The van der Waals surface area contributed by atoms with E-state index in [1.807, 2.05) is 20.8 Å². The Morgan fingerprint density at radius 2 is 2.00 bits per heavy atom. The molecule has 80 valence electrons. The molecule has 0 aromatic rings. The van der Waals surface area contributed by atoms with Crippen LogP contribution in [0, 0.1) is 0 Å². The quantitative estimate of drug-likeness (QED) is 0.690. The minimum atomic E-state index is -0.0508. The number of hydrogen-bond acceptors (Lipinski definition) is 2. The van der Waals surface area contributed by atoms with Crippen molar-refractivity contribution in [3.8, 4) is 0 Å². The molecule has 1 heterocycles. The molecule has 0 radical (unpaired) electrons. The number of ether oxygens (including phenoxy) is 1. The SMILES string of the molecule is C/C=C/NC(=O)N1CC(C)OC(C)C1. The second kappa shape index (κ2) is 5.00. The van der Waals surface area contributed by atoms with Gasteiger partial charge in [0.05, 0.1) is 12.2 Å². The lowest BCUT2D eigenvalue weighted by Gasteiger charge is -2.34. The summed E-state index contributed by atoms with van der Waals surface area (Å²) in [5.41, 5.74) is 0. The van der Waals surface area contributed by atoms with E-state index in [1.54, 1.807) is 17.2 Å². The Hall–Kier alpha value is -1.03. The standard InChI is InChI=1S/C10H18N2O2/c1-4-5-11-10(13)12-6-8(2)14-9(3)7-12/h4-5,8-9H,6-7H2,1-3H3,(H,11,13)/b5-4+. The Kier molecular flexibility index (Phi) is 3.95. The molecule has 0 aliphatic carbocycles. The van der Waals surface area contributed by atoms with Gasteiger partial charge in [0.1, 0.15) is 0 Å². The summed E-state index contributed by atoms with van der Waals surface area (Å²) in [4.78, 5) is 13.3. The van der Waals surface area contributed by atoms with Gasteiger partial charge in [-0.25, -0.2) is 4.79 Å². The zero-order chi connectivity index (χ0) is 10.6. The number of nitrogens with zero attached hydrogens (tertiary/aromatic N) is 1. The number of hydrogen-bond donors (Lipinski definition) is 1. The van der Waals surface area contributed by atoms with Crippen LogP contribution in [0.3, 0.4) is 0 Å². The largest absolute Gasteiger partial charge is 0.372 e. The van der Waals surface area contributed by atoms with Crippen LogP contribution in [0.2, 0.25) is 0 Å². The second-order valence-electron chi connectivity index (χ2n) is 3.61. The number of carbonyl (C=O) groups excluding carboxylic acids is 1. The van der Waals surface area contributed by atoms with Crippen molar-refractivity contribution in [3.05, 3.63) is 12.3 Å². The summed E-state index contributed by atoms with van der Waals surface area (Å²) in [5, 5.41) is 2.69. The summed E-state index contributed by atoms with van der Waals surface area (Å²) in [6, 6.07) is -0.0508. The van der Waals surface area contributed by atoms with Crippen LogP contribution < -0.4 is 5.32 Å². The van der Waals surface area contributed by atoms with Crippen LogP contribution in [0.5, 0.6) is 0 Å². The number of carbonyl (C=O) groups is 1. The summed E-state index contributed by atoms with van der Waals surface area (Å²) in [5.74, 6) is 0. The number of rotatable bonds is 1. The fourth-order valence-electron chi connectivity index (χ4n) is 1.59. The van der Waals surface area contributed by atoms with Crippen LogP contribution in [-0.4, -0.2) is 36.2 Å². The first kappa shape index (κ1) is 11.0. The summed E-state index contributed by atoms with van der Waals surface area (Å²) >= 11 is 0. The maximum atomic E-state index is 11.6. The molecule has 0 spiro atoms. The first-order valence-electron chi connectivity index (χ1n) is 4.95. The zero-order valence-electron chi connectivity index (χ0n) is 8.99. The first-order valence-corrected chi connectivity index (χ1v) is 4.95. The predicted octanol–water partition coefficient (Wildman–Crippen LogP) is 1.34. The lowest BCUT2D eigenvalue weighted by molar-refractivity contribution is -0.0541. The third-order valence-electron chi connectivity index (χ3n) is 2.08. The van der Waals surface area contributed by atoms with E-state index < -0.39 is 0 Å². The van der Waals surface area contributed by atoms with Gasteiger partial charge in [-0.1, -0.05) is 6.08 Å². The lowest BCUT2D eigenvalue weighted by Crippen LogP contribution is -2.50. The fourth-order valence-corrected chi connectivity index (χ4v) is 1.59. The molecule has 2 amide bonds. The number of morpholine rings is 1. The Bertz CT molecular complexity index is 218. The zero-order valence-corrected chi connectivity index (χ0v) is 8.99. The van der Waals surface area contributed by atoms with E-state index in [1.165, 1.54) is 0 Å². The van der Waals surface area contributed by atoms with Gasteiger partial charge in [-0.3, -0.25) is 0 Å². The molecule has 1 fully saturated rings. The molecule has 1 N–H and O–H groups in total. The topological polar surface area (TPSA) is 41.6 Å². The van der Waals surface area contributed by atoms with Crippen LogP contribution in [-0.2, 0) is 4.74 Å². The third-order valence-corrected chi connectivity index (χ3v) is 2.08.